The zero-order valence-corrected chi connectivity index (χ0v) is 16.4. The van der Waals surface area contributed by atoms with Gasteiger partial charge in [-0.3, -0.25) is 9.59 Å². The molecule has 0 radical (unpaired) electrons. The molecule has 1 heterocycles. The van der Waals surface area contributed by atoms with Gasteiger partial charge in [-0.2, -0.15) is 0 Å². The van der Waals surface area contributed by atoms with Crippen LogP contribution < -0.4 is 15.4 Å². The standard InChI is InChI=1S/C17H16ClN3O4S2/c18-12-2-1-3-13(9-12)27(24,25)20-7-6-19-17(23)11-4-5-15-14(8-11)21-16(22)10-26-15/h1-5,8-9,20H,6-7,10H2,(H,19,23)(H,21,22). The number of rotatable bonds is 6. The molecular formula is C17H16ClN3O4S2. The molecular weight excluding hydrogens is 410 g/mol. The Morgan fingerprint density at radius 2 is 2.00 bits per heavy atom. The summed E-state index contributed by atoms with van der Waals surface area (Å²) in [5.74, 6) is -0.115. The van der Waals surface area contributed by atoms with Crippen LogP contribution in [0.2, 0.25) is 5.02 Å². The number of hydrogen-bond donors (Lipinski definition) is 3. The zero-order chi connectivity index (χ0) is 19.4. The molecule has 142 valence electrons. The summed E-state index contributed by atoms with van der Waals surface area (Å²) in [7, 11) is -3.70. The molecule has 0 saturated heterocycles. The monoisotopic (exact) mass is 425 g/mol. The fourth-order valence-electron chi connectivity index (χ4n) is 2.41. The van der Waals surface area contributed by atoms with Crippen molar-refractivity contribution in [1.82, 2.24) is 10.0 Å². The maximum atomic E-state index is 12.2. The minimum atomic E-state index is -3.70. The van der Waals surface area contributed by atoms with E-state index in [9.17, 15) is 18.0 Å². The number of fused-ring (bicyclic) bond motifs is 1. The van der Waals surface area contributed by atoms with Crippen molar-refractivity contribution >= 4 is 50.9 Å². The summed E-state index contributed by atoms with van der Waals surface area (Å²) in [6.07, 6.45) is 0. The van der Waals surface area contributed by atoms with Gasteiger partial charge in [0.05, 0.1) is 16.3 Å². The van der Waals surface area contributed by atoms with Gasteiger partial charge in [0.25, 0.3) is 5.91 Å². The van der Waals surface area contributed by atoms with Crippen LogP contribution in [-0.2, 0) is 14.8 Å². The van der Waals surface area contributed by atoms with Gasteiger partial charge in [0.1, 0.15) is 0 Å². The summed E-state index contributed by atoms with van der Waals surface area (Å²) in [6, 6.07) is 11.0. The highest BCUT2D eigenvalue weighted by molar-refractivity contribution is 8.00. The Balaban J connectivity index is 1.54. The van der Waals surface area contributed by atoms with Crippen molar-refractivity contribution in [2.75, 3.05) is 24.2 Å². The molecule has 0 saturated carbocycles. The summed E-state index contributed by atoms with van der Waals surface area (Å²) in [4.78, 5) is 24.6. The lowest BCUT2D eigenvalue weighted by molar-refractivity contribution is -0.113. The number of carbonyl (C=O) groups excluding carboxylic acids is 2. The fourth-order valence-corrected chi connectivity index (χ4v) is 4.53. The SMILES string of the molecule is O=C1CSc2ccc(C(=O)NCCNS(=O)(=O)c3cccc(Cl)c3)cc2N1. The third-order valence-corrected chi connectivity index (χ3v) is 6.45. The molecule has 1 aliphatic rings. The third-order valence-electron chi connectivity index (χ3n) is 3.68. The van der Waals surface area contributed by atoms with Gasteiger partial charge in [0, 0.05) is 28.6 Å². The highest BCUT2D eigenvalue weighted by Crippen LogP contribution is 2.31. The van der Waals surface area contributed by atoms with Crippen LogP contribution in [-0.4, -0.2) is 39.1 Å². The van der Waals surface area contributed by atoms with Gasteiger partial charge in [-0.05, 0) is 36.4 Å². The van der Waals surface area contributed by atoms with Crippen molar-refractivity contribution in [3.8, 4) is 0 Å². The van der Waals surface area contributed by atoms with E-state index in [4.69, 9.17) is 11.6 Å². The molecule has 3 rings (SSSR count). The van der Waals surface area contributed by atoms with E-state index in [1.165, 1.54) is 23.9 Å². The lowest BCUT2D eigenvalue weighted by Gasteiger charge is -2.17. The number of anilines is 1. The fraction of sp³-hybridized carbons (Fsp3) is 0.176. The predicted molar refractivity (Wildman–Crippen MR) is 105 cm³/mol. The topological polar surface area (TPSA) is 104 Å². The average molecular weight is 426 g/mol. The van der Waals surface area contributed by atoms with Crippen LogP contribution in [0.4, 0.5) is 5.69 Å². The van der Waals surface area contributed by atoms with E-state index in [2.05, 4.69) is 15.4 Å². The number of benzene rings is 2. The Morgan fingerprint density at radius 1 is 1.19 bits per heavy atom. The van der Waals surface area contributed by atoms with Crippen molar-refractivity contribution in [3.63, 3.8) is 0 Å². The van der Waals surface area contributed by atoms with Crippen molar-refractivity contribution in [1.29, 1.82) is 0 Å². The molecule has 0 spiro atoms. The van der Waals surface area contributed by atoms with Crippen LogP contribution in [0.15, 0.2) is 52.3 Å². The van der Waals surface area contributed by atoms with Crippen molar-refractivity contribution in [2.24, 2.45) is 0 Å². The van der Waals surface area contributed by atoms with E-state index in [0.29, 0.717) is 22.0 Å². The Kier molecular flexibility index (Phi) is 6.05. The first kappa shape index (κ1) is 19.7. The second kappa shape index (κ2) is 8.30. The molecule has 0 aromatic heterocycles. The zero-order valence-electron chi connectivity index (χ0n) is 14.0. The highest BCUT2D eigenvalue weighted by atomic mass is 35.5. The molecule has 0 atom stereocenters. The number of amides is 2. The first-order valence-electron chi connectivity index (χ1n) is 7.95. The van der Waals surface area contributed by atoms with Crippen molar-refractivity contribution < 1.29 is 18.0 Å². The summed E-state index contributed by atoms with van der Waals surface area (Å²) >= 11 is 7.21. The van der Waals surface area contributed by atoms with Gasteiger partial charge in [0.15, 0.2) is 0 Å². The Labute approximate surface area is 165 Å². The Hall–Kier alpha value is -2.07. The molecule has 0 unspecified atom stereocenters. The molecule has 2 aromatic carbocycles. The van der Waals surface area contributed by atoms with E-state index in [1.54, 1.807) is 30.3 Å². The van der Waals surface area contributed by atoms with E-state index >= 15 is 0 Å². The molecule has 10 heteroatoms. The summed E-state index contributed by atoms with van der Waals surface area (Å²) in [5.41, 5.74) is 0.986. The van der Waals surface area contributed by atoms with Crippen LogP contribution in [0, 0.1) is 0 Å². The van der Waals surface area contributed by atoms with Crippen LogP contribution in [0.3, 0.4) is 0 Å². The van der Waals surface area contributed by atoms with E-state index in [-0.39, 0.29) is 29.8 Å². The van der Waals surface area contributed by atoms with Gasteiger partial charge >= 0.3 is 0 Å². The maximum Gasteiger partial charge on any atom is 0.251 e. The third kappa shape index (κ3) is 5.01. The van der Waals surface area contributed by atoms with Crippen LogP contribution >= 0.6 is 23.4 Å². The minimum Gasteiger partial charge on any atom is -0.351 e. The van der Waals surface area contributed by atoms with Crippen LogP contribution in [0.1, 0.15) is 10.4 Å². The average Bonchev–Trinajstić information content (AvgIpc) is 2.64. The normalized spacial score (nSPS) is 13.6. The van der Waals surface area contributed by atoms with Gasteiger partial charge < -0.3 is 10.6 Å². The quantitative estimate of drug-likeness (QED) is 0.615. The Morgan fingerprint density at radius 3 is 2.78 bits per heavy atom. The number of hydrogen-bond acceptors (Lipinski definition) is 5. The first-order valence-corrected chi connectivity index (χ1v) is 10.8. The van der Waals surface area contributed by atoms with E-state index in [1.807, 2.05) is 0 Å². The number of nitrogens with one attached hydrogen (secondary N) is 3. The van der Waals surface area contributed by atoms with Gasteiger partial charge in [-0.15, -0.1) is 11.8 Å². The molecule has 2 aromatic rings. The number of thioether (sulfide) groups is 1. The molecule has 0 bridgehead atoms. The first-order chi connectivity index (χ1) is 12.8. The van der Waals surface area contributed by atoms with Gasteiger partial charge in [-0.25, -0.2) is 13.1 Å². The molecule has 3 N–H and O–H groups in total. The van der Waals surface area contributed by atoms with Gasteiger partial charge in [-0.1, -0.05) is 17.7 Å². The van der Waals surface area contributed by atoms with E-state index in [0.717, 1.165) is 4.90 Å². The second-order valence-corrected chi connectivity index (χ2v) is 8.88. The number of halogens is 1. The smallest absolute Gasteiger partial charge is 0.251 e. The summed E-state index contributed by atoms with van der Waals surface area (Å²) < 4.78 is 26.7. The highest BCUT2D eigenvalue weighted by Gasteiger charge is 2.17. The molecule has 27 heavy (non-hydrogen) atoms. The lowest BCUT2D eigenvalue weighted by atomic mass is 10.2. The number of sulfonamides is 1. The van der Waals surface area contributed by atoms with E-state index < -0.39 is 10.0 Å². The molecule has 7 nitrogen and oxygen atoms in total. The van der Waals surface area contributed by atoms with Crippen LogP contribution in [0.25, 0.3) is 0 Å². The molecule has 1 aliphatic heterocycles. The maximum absolute atomic E-state index is 12.2. The van der Waals surface area contributed by atoms with Crippen LogP contribution in [0.5, 0.6) is 0 Å². The summed E-state index contributed by atoms with van der Waals surface area (Å²) in [5, 5.41) is 5.69. The lowest BCUT2D eigenvalue weighted by Crippen LogP contribution is -2.34. The number of carbonyl (C=O) groups is 2. The minimum absolute atomic E-state index is 0.0259. The van der Waals surface area contributed by atoms with Crippen molar-refractivity contribution in [2.45, 2.75) is 9.79 Å². The molecule has 2 amide bonds. The predicted octanol–water partition coefficient (Wildman–Crippen LogP) is 2.09. The second-order valence-electron chi connectivity index (χ2n) is 5.66. The largest absolute Gasteiger partial charge is 0.351 e. The van der Waals surface area contributed by atoms with Gasteiger partial charge in [0.2, 0.25) is 15.9 Å². The molecule has 0 fully saturated rings. The molecule has 0 aliphatic carbocycles. The Bertz CT molecular complexity index is 995. The summed E-state index contributed by atoms with van der Waals surface area (Å²) in [6.45, 7) is 0.134. The van der Waals surface area contributed by atoms with Crippen molar-refractivity contribution in [3.05, 3.63) is 53.1 Å².